The average Bonchev–Trinajstić information content (AvgIpc) is 2.89. The van der Waals surface area contributed by atoms with Crippen LogP contribution in [0.15, 0.2) is 17.1 Å². The zero-order valence-electron chi connectivity index (χ0n) is 10.5. The van der Waals surface area contributed by atoms with Gasteiger partial charge in [0.05, 0.1) is 22.4 Å². The Morgan fingerprint density at radius 2 is 2.32 bits per heavy atom. The number of rotatable bonds is 4. The third kappa shape index (κ3) is 3.31. The van der Waals surface area contributed by atoms with Crippen molar-refractivity contribution in [2.45, 2.75) is 19.8 Å². The van der Waals surface area contributed by atoms with E-state index in [1.54, 1.807) is 6.07 Å². The molecule has 0 bridgehead atoms. The fraction of sp³-hybridized carbons (Fsp3) is 0.364. The Hall–Kier alpha value is -1.44. The number of halogens is 1. The summed E-state index contributed by atoms with van der Waals surface area (Å²) in [6.45, 7) is 2.81. The van der Waals surface area contributed by atoms with Crippen LogP contribution in [0, 0.1) is 0 Å². The van der Waals surface area contributed by atoms with Gasteiger partial charge in [-0.2, -0.15) is 8.75 Å². The van der Waals surface area contributed by atoms with Crippen LogP contribution in [0.25, 0.3) is 11.0 Å². The number of nitrogens with zero attached hydrogens (tertiary/aromatic N) is 3. The van der Waals surface area contributed by atoms with Gasteiger partial charge in [0, 0.05) is 6.54 Å². The summed E-state index contributed by atoms with van der Waals surface area (Å²) in [5, 5.41) is 3.63. The maximum Gasteiger partial charge on any atom is 0.210 e. The first-order valence-corrected chi connectivity index (χ1v) is 7.06. The minimum absolute atomic E-state index is 0.468. The highest BCUT2D eigenvalue weighted by molar-refractivity contribution is 7.00. The Labute approximate surface area is 120 Å². The van der Waals surface area contributed by atoms with E-state index in [9.17, 15) is 0 Å². The molecule has 2 rings (SSSR count). The summed E-state index contributed by atoms with van der Waals surface area (Å²) in [7, 11) is 0. The third-order valence-corrected chi connectivity index (χ3v) is 3.40. The normalized spacial score (nSPS) is 11.8. The van der Waals surface area contributed by atoms with Gasteiger partial charge in [0.25, 0.3) is 0 Å². The van der Waals surface area contributed by atoms with Crippen LogP contribution < -0.4 is 16.6 Å². The second-order valence-corrected chi connectivity index (χ2v) is 4.84. The summed E-state index contributed by atoms with van der Waals surface area (Å²) >= 11 is 7.32. The molecule has 0 saturated heterocycles. The van der Waals surface area contributed by atoms with Gasteiger partial charge in [0.1, 0.15) is 11.0 Å². The highest BCUT2D eigenvalue weighted by atomic mass is 35.5. The number of aromatic nitrogens is 2. The molecule has 19 heavy (non-hydrogen) atoms. The summed E-state index contributed by atoms with van der Waals surface area (Å²) in [5.41, 5.74) is 4.71. The van der Waals surface area contributed by atoms with E-state index in [0.717, 1.165) is 35.6 Å². The number of hydrazine groups is 1. The van der Waals surface area contributed by atoms with E-state index in [1.807, 2.05) is 6.07 Å². The molecule has 0 atom stereocenters. The van der Waals surface area contributed by atoms with Gasteiger partial charge < -0.3 is 5.32 Å². The van der Waals surface area contributed by atoms with Crippen LogP contribution >= 0.6 is 23.3 Å². The molecule has 0 amide bonds. The molecule has 0 radical (unpaired) electrons. The molecular formula is C11H15ClN6S. The number of benzene rings is 1. The zero-order chi connectivity index (χ0) is 13.7. The quantitative estimate of drug-likeness (QED) is 0.265. The molecule has 0 saturated carbocycles. The minimum Gasteiger partial charge on any atom is -0.322 e. The molecule has 0 spiro atoms. The van der Waals surface area contributed by atoms with E-state index in [2.05, 4.69) is 31.4 Å². The van der Waals surface area contributed by atoms with Crippen LogP contribution in [0.3, 0.4) is 0 Å². The van der Waals surface area contributed by atoms with Crippen molar-refractivity contribution < 1.29 is 0 Å². The van der Waals surface area contributed by atoms with Crippen LogP contribution in [0.2, 0.25) is 5.02 Å². The second-order valence-electron chi connectivity index (χ2n) is 3.91. The number of anilines is 1. The van der Waals surface area contributed by atoms with E-state index in [4.69, 9.17) is 17.4 Å². The Morgan fingerprint density at radius 3 is 3.05 bits per heavy atom. The molecule has 1 aromatic carbocycles. The molecule has 0 aliphatic heterocycles. The lowest BCUT2D eigenvalue weighted by Gasteiger charge is -2.10. The van der Waals surface area contributed by atoms with Crippen LogP contribution in [0.1, 0.15) is 19.8 Å². The van der Waals surface area contributed by atoms with Crippen LogP contribution in [-0.2, 0) is 0 Å². The summed E-state index contributed by atoms with van der Waals surface area (Å²) in [6, 6.07) is 3.60. The molecule has 0 aliphatic carbocycles. The third-order valence-electron chi connectivity index (χ3n) is 2.54. The van der Waals surface area contributed by atoms with E-state index in [-0.39, 0.29) is 0 Å². The Balaban J connectivity index is 2.26. The largest absolute Gasteiger partial charge is 0.322 e. The predicted molar refractivity (Wildman–Crippen MR) is 80.6 cm³/mol. The fourth-order valence-electron chi connectivity index (χ4n) is 1.53. The van der Waals surface area contributed by atoms with Gasteiger partial charge in [0.15, 0.2) is 0 Å². The Kier molecular flexibility index (Phi) is 4.89. The molecule has 0 aliphatic rings. The van der Waals surface area contributed by atoms with Gasteiger partial charge in [-0.3, -0.25) is 10.4 Å². The summed E-state index contributed by atoms with van der Waals surface area (Å²) in [4.78, 5) is 4.33. The van der Waals surface area contributed by atoms with Crippen molar-refractivity contribution in [2.75, 3.05) is 11.9 Å². The summed E-state index contributed by atoms with van der Waals surface area (Å²) in [6.07, 6.45) is 2.08. The molecule has 2 aromatic rings. The predicted octanol–water partition coefficient (Wildman–Crippen LogP) is 2.38. The lowest BCUT2D eigenvalue weighted by molar-refractivity contribution is 0.801. The maximum absolute atomic E-state index is 6.17. The second kappa shape index (κ2) is 6.65. The molecule has 0 unspecified atom stereocenters. The SMILES string of the molecule is CCCCN=C(NN)Nc1c(Cl)ccc2nsnc12. The van der Waals surface area contributed by atoms with Gasteiger partial charge in [-0.1, -0.05) is 24.9 Å². The highest BCUT2D eigenvalue weighted by Crippen LogP contribution is 2.29. The number of nitrogens with two attached hydrogens (primary N) is 1. The van der Waals surface area contributed by atoms with E-state index in [1.165, 1.54) is 0 Å². The number of fused-ring (bicyclic) bond motifs is 1. The van der Waals surface area contributed by atoms with Crippen molar-refractivity contribution in [1.29, 1.82) is 0 Å². The van der Waals surface area contributed by atoms with Gasteiger partial charge in [0.2, 0.25) is 5.96 Å². The van der Waals surface area contributed by atoms with E-state index < -0.39 is 0 Å². The van der Waals surface area contributed by atoms with E-state index in [0.29, 0.717) is 23.2 Å². The number of hydrogen-bond donors (Lipinski definition) is 3. The summed E-state index contributed by atoms with van der Waals surface area (Å²) < 4.78 is 8.39. The van der Waals surface area contributed by atoms with Crippen molar-refractivity contribution in [1.82, 2.24) is 14.2 Å². The molecular weight excluding hydrogens is 284 g/mol. The van der Waals surface area contributed by atoms with Gasteiger partial charge >= 0.3 is 0 Å². The van der Waals surface area contributed by atoms with Gasteiger partial charge in [-0.25, -0.2) is 5.84 Å². The van der Waals surface area contributed by atoms with Gasteiger partial charge in [-0.15, -0.1) is 0 Å². The average molecular weight is 299 g/mol. The molecule has 8 heteroatoms. The fourth-order valence-corrected chi connectivity index (χ4v) is 2.28. The molecule has 102 valence electrons. The molecule has 1 aromatic heterocycles. The van der Waals surface area contributed by atoms with Gasteiger partial charge in [-0.05, 0) is 18.6 Å². The molecule has 0 fully saturated rings. The first-order chi connectivity index (χ1) is 9.26. The number of nitrogens with one attached hydrogen (secondary N) is 2. The van der Waals surface area contributed by atoms with Crippen LogP contribution in [0.5, 0.6) is 0 Å². The number of aliphatic imine (C=N–C) groups is 1. The number of hydrogen-bond acceptors (Lipinski definition) is 5. The molecule has 6 nitrogen and oxygen atoms in total. The van der Waals surface area contributed by atoms with Crippen LogP contribution in [-0.4, -0.2) is 21.3 Å². The topological polar surface area (TPSA) is 88.2 Å². The van der Waals surface area contributed by atoms with Crippen molar-refractivity contribution in [3.8, 4) is 0 Å². The van der Waals surface area contributed by atoms with Crippen molar-refractivity contribution in [2.24, 2.45) is 10.8 Å². The monoisotopic (exact) mass is 298 g/mol. The number of guanidine groups is 1. The Morgan fingerprint density at radius 1 is 1.47 bits per heavy atom. The van der Waals surface area contributed by atoms with E-state index >= 15 is 0 Å². The van der Waals surface area contributed by atoms with Crippen LogP contribution in [0.4, 0.5) is 5.69 Å². The molecule has 1 heterocycles. The maximum atomic E-state index is 6.17. The first kappa shape index (κ1) is 14.0. The molecule has 4 N–H and O–H groups in total. The lowest BCUT2D eigenvalue weighted by Crippen LogP contribution is -2.36. The zero-order valence-corrected chi connectivity index (χ0v) is 12.1. The van der Waals surface area contributed by atoms with Crippen molar-refractivity contribution in [3.63, 3.8) is 0 Å². The first-order valence-electron chi connectivity index (χ1n) is 5.95. The minimum atomic E-state index is 0.468. The Bertz CT molecular complexity index is 582. The number of unbranched alkanes of at least 4 members (excludes halogenated alkanes) is 1. The smallest absolute Gasteiger partial charge is 0.210 e. The van der Waals surface area contributed by atoms with Crippen molar-refractivity contribution >= 4 is 46.0 Å². The van der Waals surface area contributed by atoms with Crippen molar-refractivity contribution in [3.05, 3.63) is 17.2 Å². The highest BCUT2D eigenvalue weighted by Gasteiger charge is 2.11. The standard InChI is InChI=1S/C11H15ClN6S/c1-2-3-6-14-11(16-13)15-9-7(12)4-5-8-10(9)18-19-17-8/h4-5H,2-3,6,13H2,1H3,(H2,14,15,16). The summed E-state index contributed by atoms with van der Waals surface area (Å²) in [5.74, 6) is 5.92. The lowest BCUT2D eigenvalue weighted by atomic mass is 10.2.